The van der Waals surface area contributed by atoms with Gasteiger partial charge in [-0.15, -0.1) is 0 Å². The quantitative estimate of drug-likeness (QED) is 0.805. The molecule has 0 saturated carbocycles. The van der Waals surface area contributed by atoms with E-state index in [0.29, 0.717) is 13.0 Å². The molecule has 2 aromatic carbocycles. The summed E-state index contributed by atoms with van der Waals surface area (Å²) in [5, 5.41) is 0. The lowest BCUT2D eigenvalue weighted by Gasteiger charge is -2.23. The number of Topliss-reactive ketones (excluding diaryl/α,β-unsaturated/α-hetero) is 1. The maximum atomic E-state index is 12.3. The summed E-state index contributed by atoms with van der Waals surface area (Å²) in [6.07, 6.45) is 0.434. The van der Waals surface area contributed by atoms with Crippen LogP contribution in [0.2, 0.25) is 0 Å². The van der Waals surface area contributed by atoms with Crippen molar-refractivity contribution in [3.05, 3.63) is 71.8 Å². The normalized spacial score (nSPS) is 22.3. The van der Waals surface area contributed by atoms with E-state index >= 15 is 0 Å². The lowest BCUT2D eigenvalue weighted by Crippen LogP contribution is -2.31. The van der Waals surface area contributed by atoms with Crippen LogP contribution in [0, 0.1) is 0 Å². The van der Waals surface area contributed by atoms with Crippen LogP contribution in [0.3, 0.4) is 0 Å². The molecule has 1 saturated heterocycles. The van der Waals surface area contributed by atoms with Crippen molar-refractivity contribution in [1.29, 1.82) is 0 Å². The Morgan fingerprint density at radius 2 is 1.71 bits per heavy atom. The highest BCUT2D eigenvalue weighted by Crippen LogP contribution is 2.30. The van der Waals surface area contributed by atoms with Gasteiger partial charge in [-0.05, 0) is 12.6 Å². The zero-order valence-corrected chi connectivity index (χ0v) is 12.1. The minimum absolute atomic E-state index is 0.0558. The van der Waals surface area contributed by atoms with Crippen molar-refractivity contribution in [2.45, 2.75) is 18.7 Å². The third-order valence-electron chi connectivity index (χ3n) is 3.99. The third-order valence-corrected chi connectivity index (χ3v) is 3.99. The van der Waals surface area contributed by atoms with Crippen LogP contribution in [0.15, 0.2) is 60.7 Å². The molecule has 108 valence electrons. The molecule has 0 aliphatic carbocycles. The van der Waals surface area contributed by atoms with E-state index in [-0.39, 0.29) is 18.1 Å². The van der Waals surface area contributed by atoms with Crippen LogP contribution >= 0.6 is 0 Å². The number of carbonyl (C=O) groups is 1. The molecule has 0 N–H and O–H groups in total. The zero-order valence-electron chi connectivity index (χ0n) is 12.1. The summed E-state index contributed by atoms with van der Waals surface area (Å²) in [6, 6.07) is 19.7. The molecule has 21 heavy (non-hydrogen) atoms. The van der Waals surface area contributed by atoms with Crippen LogP contribution < -0.4 is 0 Å². The summed E-state index contributed by atoms with van der Waals surface area (Å²) in [5.41, 5.74) is 1.91. The molecule has 1 fully saturated rings. The minimum atomic E-state index is -0.0558. The molecule has 0 radical (unpaired) electrons. The molecule has 3 heteroatoms. The fourth-order valence-corrected chi connectivity index (χ4v) is 2.74. The molecule has 0 bridgehead atoms. The van der Waals surface area contributed by atoms with Crippen molar-refractivity contribution in [3.8, 4) is 0 Å². The van der Waals surface area contributed by atoms with E-state index in [4.69, 9.17) is 4.74 Å². The molecule has 1 aliphatic rings. The number of hydrogen-bond donors (Lipinski definition) is 0. The lowest BCUT2D eigenvalue weighted by atomic mass is 10.0. The second kappa shape index (κ2) is 6.20. The van der Waals surface area contributed by atoms with Gasteiger partial charge >= 0.3 is 0 Å². The largest absolute Gasteiger partial charge is 0.357 e. The van der Waals surface area contributed by atoms with Crippen molar-refractivity contribution in [3.63, 3.8) is 0 Å². The van der Waals surface area contributed by atoms with Gasteiger partial charge in [-0.2, -0.15) is 0 Å². The predicted molar refractivity (Wildman–Crippen MR) is 82.1 cm³/mol. The van der Waals surface area contributed by atoms with Gasteiger partial charge in [-0.25, -0.2) is 0 Å². The predicted octanol–water partition coefficient (Wildman–Crippen LogP) is 3.29. The van der Waals surface area contributed by atoms with Gasteiger partial charge < -0.3 is 4.74 Å². The van der Waals surface area contributed by atoms with Crippen molar-refractivity contribution in [2.24, 2.45) is 0 Å². The van der Waals surface area contributed by atoms with E-state index in [1.807, 2.05) is 55.6 Å². The van der Waals surface area contributed by atoms with E-state index < -0.39 is 0 Å². The SMILES string of the molecule is CN1[C@H](CC(=O)c2ccccc2)CO[C@H]1c1ccccc1. The monoisotopic (exact) mass is 281 g/mol. The first kappa shape index (κ1) is 14.0. The van der Waals surface area contributed by atoms with Gasteiger partial charge in [0.25, 0.3) is 0 Å². The molecule has 1 heterocycles. The molecule has 0 spiro atoms. The number of benzene rings is 2. The maximum absolute atomic E-state index is 12.3. The molecule has 3 rings (SSSR count). The smallest absolute Gasteiger partial charge is 0.164 e. The summed E-state index contributed by atoms with van der Waals surface area (Å²) in [5.74, 6) is 0.171. The Balaban J connectivity index is 1.67. The Kier molecular flexibility index (Phi) is 4.13. The van der Waals surface area contributed by atoms with E-state index in [1.54, 1.807) is 0 Å². The fraction of sp³-hybridized carbons (Fsp3) is 0.278. The molecular weight excluding hydrogens is 262 g/mol. The maximum Gasteiger partial charge on any atom is 0.164 e. The van der Waals surface area contributed by atoms with Crippen LogP contribution in [0.1, 0.15) is 28.6 Å². The second-order valence-electron chi connectivity index (χ2n) is 5.41. The molecule has 3 nitrogen and oxygen atoms in total. The molecule has 0 amide bonds. The number of carbonyl (C=O) groups excluding carboxylic acids is 1. The van der Waals surface area contributed by atoms with Gasteiger partial charge in [0.15, 0.2) is 5.78 Å². The van der Waals surface area contributed by atoms with Crippen LogP contribution in [-0.2, 0) is 4.74 Å². The summed E-state index contributed by atoms with van der Waals surface area (Å²) >= 11 is 0. The highest BCUT2D eigenvalue weighted by molar-refractivity contribution is 5.96. The molecule has 0 unspecified atom stereocenters. The molecular formula is C18H19NO2. The highest BCUT2D eigenvalue weighted by Gasteiger charge is 2.33. The van der Waals surface area contributed by atoms with Gasteiger partial charge in [0.05, 0.1) is 6.61 Å². The number of hydrogen-bond acceptors (Lipinski definition) is 3. The van der Waals surface area contributed by atoms with Crippen molar-refractivity contribution >= 4 is 5.78 Å². The number of likely N-dealkylation sites (N-methyl/N-ethyl adjacent to an activating group) is 1. The van der Waals surface area contributed by atoms with E-state index in [1.165, 1.54) is 0 Å². The standard InChI is InChI=1S/C18H19NO2/c1-19-16(12-17(20)14-8-4-2-5-9-14)13-21-18(19)15-10-6-3-7-11-15/h2-11,16,18H,12-13H2,1H3/t16-,18+/m1/s1. The van der Waals surface area contributed by atoms with Gasteiger partial charge in [-0.3, -0.25) is 9.69 Å². The van der Waals surface area contributed by atoms with E-state index in [0.717, 1.165) is 11.1 Å². The average molecular weight is 281 g/mol. The Hall–Kier alpha value is -1.97. The Morgan fingerprint density at radius 3 is 2.38 bits per heavy atom. The molecule has 0 aromatic heterocycles. The van der Waals surface area contributed by atoms with Gasteiger partial charge in [0, 0.05) is 18.0 Å². The molecule has 2 aromatic rings. The van der Waals surface area contributed by atoms with Crippen molar-refractivity contribution in [2.75, 3.05) is 13.7 Å². The number of nitrogens with zero attached hydrogens (tertiary/aromatic N) is 1. The summed E-state index contributed by atoms with van der Waals surface area (Å²) in [6.45, 7) is 0.592. The van der Waals surface area contributed by atoms with Crippen LogP contribution in [0.4, 0.5) is 0 Å². The van der Waals surface area contributed by atoms with Crippen molar-refractivity contribution in [1.82, 2.24) is 4.90 Å². The summed E-state index contributed by atoms with van der Waals surface area (Å²) in [7, 11) is 2.02. The third kappa shape index (κ3) is 3.04. The van der Waals surface area contributed by atoms with Gasteiger partial charge in [-0.1, -0.05) is 60.7 Å². The highest BCUT2D eigenvalue weighted by atomic mass is 16.5. The number of ketones is 1. The van der Waals surface area contributed by atoms with Crippen LogP contribution in [0.5, 0.6) is 0 Å². The molecule has 2 atom stereocenters. The zero-order chi connectivity index (χ0) is 14.7. The summed E-state index contributed by atoms with van der Waals surface area (Å²) < 4.78 is 5.87. The first-order valence-electron chi connectivity index (χ1n) is 7.22. The molecule has 1 aliphatic heterocycles. The van der Waals surface area contributed by atoms with Gasteiger partial charge in [0.1, 0.15) is 6.23 Å². The second-order valence-corrected chi connectivity index (χ2v) is 5.41. The number of ether oxygens (including phenoxy) is 1. The lowest BCUT2D eigenvalue weighted by molar-refractivity contribution is 0.0430. The Labute approximate surface area is 125 Å². The average Bonchev–Trinajstić information content (AvgIpc) is 2.90. The van der Waals surface area contributed by atoms with Gasteiger partial charge in [0.2, 0.25) is 0 Å². The first-order valence-corrected chi connectivity index (χ1v) is 7.22. The first-order chi connectivity index (χ1) is 10.3. The topological polar surface area (TPSA) is 29.5 Å². The van der Waals surface area contributed by atoms with Crippen LogP contribution in [0.25, 0.3) is 0 Å². The Bertz CT molecular complexity index is 597. The number of rotatable bonds is 4. The minimum Gasteiger partial charge on any atom is -0.357 e. The van der Waals surface area contributed by atoms with Crippen molar-refractivity contribution < 1.29 is 9.53 Å². The summed E-state index contributed by atoms with van der Waals surface area (Å²) in [4.78, 5) is 14.5. The van der Waals surface area contributed by atoms with Crippen LogP contribution in [-0.4, -0.2) is 30.4 Å². The Morgan fingerprint density at radius 1 is 1.10 bits per heavy atom. The fourth-order valence-electron chi connectivity index (χ4n) is 2.74. The van der Waals surface area contributed by atoms with E-state index in [2.05, 4.69) is 17.0 Å². The van der Waals surface area contributed by atoms with E-state index in [9.17, 15) is 4.79 Å².